The number of methoxy groups -OCH3 is 2. The summed E-state index contributed by atoms with van der Waals surface area (Å²) in [4.78, 5) is 11.4. The lowest BCUT2D eigenvalue weighted by Crippen LogP contribution is -2.06. The fraction of sp³-hybridized carbons (Fsp3) is 0.300. The molecule has 1 N–H and O–H groups in total. The Balaban J connectivity index is 3.47. The third-order valence-electron chi connectivity index (χ3n) is 2.07. The van der Waals surface area contributed by atoms with Gasteiger partial charge in [-0.1, -0.05) is 11.6 Å². The summed E-state index contributed by atoms with van der Waals surface area (Å²) in [7, 11) is 2.64. The first-order chi connectivity index (χ1) is 7.02. The lowest BCUT2D eigenvalue weighted by atomic mass is 10.1. The molecule has 1 rings (SSSR count). The molecule has 0 aliphatic carbocycles. The largest absolute Gasteiger partial charge is 0.508 e. The van der Waals surface area contributed by atoms with E-state index in [-0.39, 0.29) is 22.1 Å². The van der Waals surface area contributed by atoms with Crippen LogP contribution >= 0.6 is 11.6 Å². The Kier molecular flexibility index (Phi) is 3.42. The number of phenolic OH excluding ortho intramolecular Hbond substituents is 1. The summed E-state index contributed by atoms with van der Waals surface area (Å²) in [5.74, 6) is -0.427. The first-order valence-electron chi connectivity index (χ1n) is 4.17. The third-order valence-corrected chi connectivity index (χ3v) is 2.45. The summed E-state index contributed by atoms with van der Waals surface area (Å²) in [6.45, 7) is 1.58. The Labute approximate surface area is 92.4 Å². The van der Waals surface area contributed by atoms with Gasteiger partial charge in [0.2, 0.25) is 0 Å². The van der Waals surface area contributed by atoms with E-state index in [0.717, 1.165) is 0 Å². The second-order valence-corrected chi connectivity index (χ2v) is 3.28. The molecule has 5 heteroatoms. The van der Waals surface area contributed by atoms with Gasteiger partial charge in [-0.15, -0.1) is 0 Å². The summed E-state index contributed by atoms with van der Waals surface area (Å²) in [6.07, 6.45) is 0. The normalized spacial score (nSPS) is 9.87. The van der Waals surface area contributed by atoms with Gasteiger partial charge in [-0.25, -0.2) is 4.79 Å². The Morgan fingerprint density at radius 1 is 1.47 bits per heavy atom. The van der Waals surface area contributed by atoms with Crippen molar-refractivity contribution in [2.75, 3.05) is 14.2 Å². The van der Waals surface area contributed by atoms with Crippen molar-refractivity contribution in [3.8, 4) is 11.5 Å². The van der Waals surface area contributed by atoms with Gasteiger partial charge in [0.05, 0.1) is 24.8 Å². The molecular weight excluding hydrogens is 220 g/mol. The highest BCUT2D eigenvalue weighted by atomic mass is 35.5. The predicted molar refractivity (Wildman–Crippen MR) is 55.7 cm³/mol. The number of aromatic hydroxyl groups is 1. The number of carbonyl (C=O) groups excluding carboxylic acids is 1. The first kappa shape index (κ1) is 11.7. The SMILES string of the molecule is COC(=O)c1c(C)c(O)cc(OC)c1Cl. The Hall–Kier alpha value is -1.42. The number of hydrogen-bond acceptors (Lipinski definition) is 4. The van der Waals surface area contributed by atoms with Crippen LogP contribution in [0.5, 0.6) is 11.5 Å². The average Bonchev–Trinajstić information content (AvgIpc) is 2.23. The number of esters is 1. The van der Waals surface area contributed by atoms with Gasteiger partial charge in [0.1, 0.15) is 11.5 Å². The molecule has 0 heterocycles. The maximum atomic E-state index is 11.4. The minimum Gasteiger partial charge on any atom is -0.508 e. The number of ether oxygens (including phenoxy) is 2. The van der Waals surface area contributed by atoms with Crippen LogP contribution in [0, 0.1) is 6.92 Å². The summed E-state index contributed by atoms with van der Waals surface area (Å²) < 4.78 is 9.48. The second kappa shape index (κ2) is 4.40. The zero-order chi connectivity index (χ0) is 11.6. The summed E-state index contributed by atoms with van der Waals surface area (Å²) in [5.41, 5.74) is 0.490. The number of carbonyl (C=O) groups is 1. The van der Waals surface area contributed by atoms with Gasteiger partial charge >= 0.3 is 5.97 Å². The Morgan fingerprint density at radius 3 is 2.53 bits per heavy atom. The van der Waals surface area contributed by atoms with E-state index in [9.17, 15) is 9.90 Å². The van der Waals surface area contributed by atoms with Crippen LogP contribution in [0.1, 0.15) is 15.9 Å². The molecule has 0 amide bonds. The van der Waals surface area contributed by atoms with Gasteiger partial charge in [0.15, 0.2) is 0 Å². The fourth-order valence-electron chi connectivity index (χ4n) is 1.20. The summed E-state index contributed by atoms with van der Waals surface area (Å²) in [6, 6.07) is 1.35. The molecule has 1 aromatic rings. The van der Waals surface area contributed by atoms with Crippen LogP contribution in [0.3, 0.4) is 0 Å². The molecule has 0 unspecified atom stereocenters. The Bertz CT molecular complexity index is 401. The monoisotopic (exact) mass is 230 g/mol. The van der Waals surface area contributed by atoms with Crippen molar-refractivity contribution >= 4 is 17.6 Å². The van der Waals surface area contributed by atoms with Gasteiger partial charge < -0.3 is 14.6 Å². The molecular formula is C10H11ClO4. The van der Waals surface area contributed by atoms with Crippen LogP contribution in [-0.2, 0) is 4.74 Å². The molecule has 4 nitrogen and oxygen atoms in total. The maximum Gasteiger partial charge on any atom is 0.339 e. The van der Waals surface area contributed by atoms with Crippen molar-refractivity contribution in [2.24, 2.45) is 0 Å². The number of rotatable bonds is 2. The molecule has 0 bridgehead atoms. The standard InChI is InChI=1S/C10H11ClO4/c1-5-6(12)4-7(14-2)9(11)8(5)10(13)15-3/h4,12H,1-3H3. The van der Waals surface area contributed by atoms with E-state index in [0.29, 0.717) is 5.56 Å². The molecule has 82 valence electrons. The molecule has 0 aliphatic heterocycles. The predicted octanol–water partition coefficient (Wildman–Crippen LogP) is 2.15. The number of halogens is 1. The van der Waals surface area contributed by atoms with E-state index < -0.39 is 5.97 Å². The molecule has 0 aromatic heterocycles. The molecule has 0 radical (unpaired) electrons. The molecule has 0 fully saturated rings. The van der Waals surface area contributed by atoms with Crippen molar-refractivity contribution in [3.05, 3.63) is 22.2 Å². The molecule has 0 saturated heterocycles. The van der Waals surface area contributed by atoms with Gasteiger partial charge in [-0.2, -0.15) is 0 Å². The minimum atomic E-state index is -0.605. The van der Waals surface area contributed by atoms with Gasteiger partial charge in [0, 0.05) is 11.6 Å². The quantitative estimate of drug-likeness (QED) is 0.791. The van der Waals surface area contributed by atoms with E-state index in [1.807, 2.05) is 0 Å². The van der Waals surface area contributed by atoms with Gasteiger partial charge in [-0.05, 0) is 6.92 Å². The van der Waals surface area contributed by atoms with Crippen molar-refractivity contribution in [1.29, 1.82) is 0 Å². The van der Waals surface area contributed by atoms with E-state index >= 15 is 0 Å². The highest BCUT2D eigenvalue weighted by Crippen LogP contribution is 2.36. The van der Waals surface area contributed by atoms with Crippen molar-refractivity contribution in [1.82, 2.24) is 0 Å². The lowest BCUT2D eigenvalue weighted by Gasteiger charge is -2.11. The molecule has 0 saturated carbocycles. The number of phenols is 1. The Morgan fingerprint density at radius 2 is 2.07 bits per heavy atom. The molecule has 0 spiro atoms. The average molecular weight is 231 g/mol. The van der Waals surface area contributed by atoms with E-state index in [1.54, 1.807) is 6.92 Å². The van der Waals surface area contributed by atoms with Crippen molar-refractivity contribution in [2.45, 2.75) is 6.92 Å². The third kappa shape index (κ3) is 1.99. The van der Waals surface area contributed by atoms with Crippen LogP contribution < -0.4 is 4.74 Å². The van der Waals surface area contributed by atoms with Crippen molar-refractivity contribution < 1.29 is 19.4 Å². The zero-order valence-corrected chi connectivity index (χ0v) is 9.38. The highest BCUT2D eigenvalue weighted by molar-refractivity contribution is 6.35. The first-order valence-corrected chi connectivity index (χ1v) is 4.55. The van der Waals surface area contributed by atoms with Crippen LogP contribution in [0.15, 0.2) is 6.07 Å². The smallest absolute Gasteiger partial charge is 0.339 e. The van der Waals surface area contributed by atoms with Crippen LogP contribution in [0.2, 0.25) is 5.02 Å². The maximum absolute atomic E-state index is 11.4. The number of benzene rings is 1. The van der Waals surface area contributed by atoms with Crippen LogP contribution in [0.25, 0.3) is 0 Å². The summed E-state index contributed by atoms with van der Waals surface area (Å²) >= 11 is 5.92. The molecule has 0 atom stereocenters. The van der Waals surface area contributed by atoms with Gasteiger partial charge in [0.25, 0.3) is 0 Å². The van der Waals surface area contributed by atoms with Crippen molar-refractivity contribution in [3.63, 3.8) is 0 Å². The minimum absolute atomic E-state index is 0.0587. The number of hydrogen-bond donors (Lipinski definition) is 1. The van der Waals surface area contributed by atoms with Crippen LogP contribution in [-0.4, -0.2) is 25.3 Å². The topological polar surface area (TPSA) is 55.8 Å². The lowest BCUT2D eigenvalue weighted by molar-refractivity contribution is 0.0599. The van der Waals surface area contributed by atoms with Crippen LogP contribution in [0.4, 0.5) is 0 Å². The molecule has 0 aliphatic rings. The highest BCUT2D eigenvalue weighted by Gasteiger charge is 2.20. The summed E-state index contributed by atoms with van der Waals surface area (Å²) in [5, 5.41) is 9.67. The molecule has 1 aromatic carbocycles. The van der Waals surface area contributed by atoms with E-state index in [1.165, 1.54) is 20.3 Å². The second-order valence-electron chi connectivity index (χ2n) is 2.90. The van der Waals surface area contributed by atoms with Gasteiger partial charge in [-0.3, -0.25) is 0 Å². The zero-order valence-electron chi connectivity index (χ0n) is 8.63. The van der Waals surface area contributed by atoms with E-state index in [2.05, 4.69) is 4.74 Å². The van der Waals surface area contributed by atoms with E-state index in [4.69, 9.17) is 16.3 Å². The fourth-order valence-corrected chi connectivity index (χ4v) is 1.56. The molecule has 15 heavy (non-hydrogen) atoms.